The van der Waals surface area contributed by atoms with Gasteiger partial charge >= 0.3 is 0 Å². The summed E-state index contributed by atoms with van der Waals surface area (Å²) < 4.78 is 12.8. The van der Waals surface area contributed by atoms with E-state index >= 15 is 0 Å². The van der Waals surface area contributed by atoms with E-state index in [1.165, 1.54) is 24.3 Å². The molecule has 1 atom stereocenters. The average Bonchev–Trinajstić information content (AvgIpc) is 2.47. The second-order valence-corrected chi connectivity index (χ2v) is 5.28. The predicted molar refractivity (Wildman–Crippen MR) is 81.7 cm³/mol. The van der Waals surface area contributed by atoms with Gasteiger partial charge in [-0.25, -0.2) is 4.39 Å². The number of carbonyl (C=O) groups is 1. The number of nitrogens with one attached hydrogen (secondary N) is 1. The van der Waals surface area contributed by atoms with Crippen molar-refractivity contribution in [1.29, 1.82) is 0 Å². The van der Waals surface area contributed by atoms with Crippen LogP contribution in [0.1, 0.15) is 18.5 Å². The first-order chi connectivity index (χ1) is 10.0. The van der Waals surface area contributed by atoms with E-state index in [1.807, 2.05) is 36.5 Å². The van der Waals surface area contributed by atoms with Crippen LogP contribution in [0.25, 0.3) is 0 Å². The summed E-state index contributed by atoms with van der Waals surface area (Å²) in [5.41, 5.74) is 1.65. The van der Waals surface area contributed by atoms with Crippen LogP contribution in [0, 0.1) is 5.82 Å². The molecule has 0 fully saturated rings. The summed E-state index contributed by atoms with van der Waals surface area (Å²) >= 11 is 5.95. The first-order valence-electron chi connectivity index (χ1n) is 6.69. The number of carbonyl (C=O) groups excluding carboxylic acids is 1. The number of amides is 1. The molecular weight excluding hydrogens is 291 g/mol. The number of rotatable bonds is 5. The van der Waals surface area contributed by atoms with Crippen LogP contribution in [0.15, 0.2) is 48.5 Å². The third kappa shape index (κ3) is 4.85. The molecule has 3 nitrogen and oxygen atoms in total. The van der Waals surface area contributed by atoms with E-state index in [0.717, 1.165) is 5.56 Å². The minimum atomic E-state index is -0.325. The second kappa shape index (κ2) is 7.20. The summed E-state index contributed by atoms with van der Waals surface area (Å²) in [6, 6.07) is 13.4. The van der Waals surface area contributed by atoms with Crippen molar-refractivity contribution in [3.63, 3.8) is 0 Å². The van der Waals surface area contributed by atoms with Crippen LogP contribution < -0.4 is 10.6 Å². The second-order valence-electron chi connectivity index (χ2n) is 4.84. The predicted octanol–water partition coefficient (Wildman–Crippen LogP) is 2.74. The zero-order valence-corrected chi connectivity index (χ0v) is 12.4. The number of hydrogen-bond acceptors (Lipinski definition) is 1. The van der Waals surface area contributed by atoms with Gasteiger partial charge in [0.1, 0.15) is 11.9 Å². The van der Waals surface area contributed by atoms with Crippen molar-refractivity contribution in [2.75, 3.05) is 11.9 Å². The number of benzene rings is 2. The molecule has 0 unspecified atom stereocenters. The number of anilines is 1. The molecule has 0 spiro atoms. The molecule has 0 aliphatic carbocycles. The van der Waals surface area contributed by atoms with Gasteiger partial charge < -0.3 is 10.6 Å². The highest BCUT2D eigenvalue weighted by Gasteiger charge is 2.12. The smallest absolute Gasteiger partial charge is 0.279 e. The molecule has 0 aliphatic heterocycles. The van der Waals surface area contributed by atoms with Gasteiger partial charge in [-0.1, -0.05) is 23.7 Å². The SMILES string of the molecule is C[C@H]([NH2+]CC(=O)Nc1ccc(F)cc1)c1cccc(Cl)c1. The highest BCUT2D eigenvalue weighted by molar-refractivity contribution is 6.30. The van der Waals surface area contributed by atoms with Gasteiger partial charge in [-0.05, 0) is 43.3 Å². The van der Waals surface area contributed by atoms with E-state index in [0.29, 0.717) is 10.7 Å². The largest absolute Gasteiger partial charge is 0.333 e. The van der Waals surface area contributed by atoms with Crippen molar-refractivity contribution in [1.82, 2.24) is 0 Å². The summed E-state index contributed by atoms with van der Waals surface area (Å²) in [4.78, 5) is 11.8. The van der Waals surface area contributed by atoms with Crippen molar-refractivity contribution in [3.05, 3.63) is 64.9 Å². The molecule has 0 heterocycles. The maximum atomic E-state index is 12.8. The van der Waals surface area contributed by atoms with Gasteiger partial charge in [-0.2, -0.15) is 0 Å². The molecule has 0 saturated heterocycles. The Labute approximate surface area is 128 Å². The van der Waals surface area contributed by atoms with Crippen LogP contribution >= 0.6 is 11.6 Å². The van der Waals surface area contributed by atoms with Gasteiger partial charge in [0, 0.05) is 16.3 Å². The Balaban J connectivity index is 1.84. The van der Waals surface area contributed by atoms with Crippen LogP contribution in [-0.4, -0.2) is 12.5 Å². The van der Waals surface area contributed by atoms with Crippen LogP contribution in [-0.2, 0) is 4.79 Å². The summed E-state index contributed by atoms with van der Waals surface area (Å²) in [7, 11) is 0. The number of halogens is 2. The molecule has 3 N–H and O–H groups in total. The summed E-state index contributed by atoms with van der Waals surface area (Å²) in [5, 5.41) is 5.33. The van der Waals surface area contributed by atoms with Crippen molar-refractivity contribution >= 4 is 23.2 Å². The highest BCUT2D eigenvalue weighted by atomic mass is 35.5. The summed E-state index contributed by atoms with van der Waals surface area (Å²) in [6.45, 7) is 2.29. The van der Waals surface area contributed by atoms with E-state index < -0.39 is 0 Å². The normalized spacial score (nSPS) is 12.0. The van der Waals surface area contributed by atoms with Crippen LogP contribution in [0.3, 0.4) is 0 Å². The van der Waals surface area contributed by atoms with E-state index in [9.17, 15) is 9.18 Å². The van der Waals surface area contributed by atoms with Crippen LogP contribution in [0.5, 0.6) is 0 Å². The average molecular weight is 308 g/mol. The van der Waals surface area contributed by atoms with E-state index in [4.69, 9.17) is 11.6 Å². The molecule has 1 amide bonds. The number of hydrogen-bond donors (Lipinski definition) is 2. The van der Waals surface area contributed by atoms with Crippen molar-refractivity contribution in [2.24, 2.45) is 0 Å². The number of nitrogens with two attached hydrogens (primary N) is 1. The molecule has 0 aromatic heterocycles. The van der Waals surface area contributed by atoms with Crippen molar-refractivity contribution < 1.29 is 14.5 Å². The molecule has 2 aromatic rings. The molecular formula is C16H17ClFN2O+. The Bertz CT molecular complexity index is 616. The van der Waals surface area contributed by atoms with Gasteiger partial charge in [0.2, 0.25) is 0 Å². The molecule has 5 heteroatoms. The lowest BCUT2D eigenvalue weighted by atomic mass is 10.1. The Kier molecular flexibility index (Phi) is 5.31. The Morgan fingerprint density at radius 1 is 1.29 bits per heavy atom. The highest BCUT2D eigenvalue weighted by Crippen LogP contribution is 2.14. The lowest BCUT2D eigenvalue weighted by Crippen LogP contribution is -2.86. The fourth-order valence-electron chi connectivity index (χ4n) is 1.95. The van der Waals surface area contributed by atoms with Gasteiger partial charge in [-0.15, -0.1) is 0 Å². The zero-order chi connectivity index (χ0) is 15.2. The van der Waals surface area contributed by atoms with E-state index in [2.05, 4.69) is 5.32 Å². The molecule has 110 valence electrons. The van der Waals surface area contributed by atoms with Gasteiger partial charge in [0.05, 0.1) is 0 Å². The summed E-state index contributed by atoms with van der Waals surface area (Å²) in [6.07, 6.45) is 0. The first-order valence-corrected chi connectivity index (χ1v) is 7.06. The Hall–Kier alpha value is -1.91. The van der Waals surface area contributed by atoms with E-state index in [1.54, 1.807) is 0 Å². The molecule has 0 radical (unpaired) electrons. The van der Waals surface area contributed by atoms with Crippen LogP contribution in [0.4, 0.5) is 10.1 Å². The topological polar surface area (TPSA) is 45.7 Å². The van der Waals surface area contributed by atoms with Crippen molar-refractivity contribution in [2.45, 2.75) is 13.0 Å². The van der Waals surface area contributed by atoms with Gasteiger partial charge in [-0.3, -0.25) is 4.79 Å². The Morgan fingerprint density at radius 2 is 2.00 bits per heavy atom. The maximum Gasteiger partial charge on any atom is 0.279 e. The van der Waals surface area contributed by atoms with Crippen LogP contribution in [0.2, 0.25) is 5.02 Å². The van der Waals surface area contributed by atoms with Crippen molar-refractivity contribution in [3.8, 4) is 0 Å². The minimum absolute atomic E-state index is 0.127. The molecule has 21 heavy (non-hydrogen) atoms. The standard InChI is InChI=1S/C16H16ClFN2O/c1-11(12-3-2-4-13(17)9-12)19-10-16(21)20-15-7-5-14(18)6-8-15/h2-9,11,19H,10H2,1H3,(H,20,21)/p+1/t11-/m0/s1. The van der Waals surface area contributed by atoms with Gasteiger partial charge in [0.15, 0.2) is 6.54 Å². The monoisotopic (exact) mass is 307 g/mol. The lowest BCUT2D eigenvalue weighted by molar-refractivity contribution is -0.682. The zero-order valence-electron chi connectivity index (χ0n) is 11.6. The first kappa shape index (κ1) is 15.5. The molecule has 2 aromatic carbocycles. The minimum Gasteiger partial charge on any atom is -0.333 e. The summed E-state index contributed by atoms with van der Waals surface area (Å²) in [5.74, 6) is -0.454. The molecule has 2 rings (SSSR count). The molecule has 0 aliphatic rings. The van der Waals surface area contributed by atoms with Gasteiger partial charge in [0.25, 0.3) is 5.91 Å². The third-order valence-corrected chi connectivity index (χ3v) is 3.39. The Morgan fingerprint density at radius 3 is 2.67 bits per heavy atom. The molecule has 0 bridgehead atoms. The van der Waals surface area contributed by atoms with E-state index in [-0.39, 0.29) is 24.3 Å². The third-order valence-electron chi connectivity index (χ3n) is 3.16. The fraction of sp³-hybridized carbons (Fsp3) is 0.188. The fourth-order valence-corrected chi connectivity index (χ4v) is 2.15. The maximum absolute atomic E-state index is 12.8. The number of quaternary nitrogens is 1. The lowest BCUT2D eigenvalue weighted by Gasteiger charge is -2.11. The molecule has 0 saturated carbocycles. The quantitative estimate of drug-likeness (QED) is 0.876.